The van der Waals surface area contributed by atoms with Crippen molar-refractivity contribution in [3.05, 3.63) is 34.6 Å². The summed E-state index contributed by atoms with van der Waals surface area (Å²) in [6, 6.07) is 0. The number of Topliss-reactive ketones (excluding diaryl/α,β-unsaturated/α-hetero) is 1. The van der Waals surface area contributed by atoms with E-state index >= 15 is 0 Å². The van der Waals surface area contributed by atoms with Crippen molar-refractivity contribution >= 4 is 21.7 Å². The Morgan fingerprint density at radius 3 is 1.41 bits per heavy atom. The topological polar surface area (TPSA) is 17.1 Å². The van der Waals surface area contributed by atoms with Crippen LogP contribution in [0.5, 0.6) is 0 Å². The number of carbonyl (C=O) groups is 1. The molecule has 0 amide bonds. The van der Waals surface area contributed by atoms with E-state index < -0.39 is 45.3 Å². The van der Waals surface area contributed by atoms with Gasteiger partial charge >= 0.3 is 4.83 Å². The first-order valence-electron chi connectivity index (χ1n) is 3.72. The molecule has 0 aliphatic rings. The van der Waals surface area contributed by atoms with E-state index in [0.717, 1.165) is 0 Å². The third kappa shape index (κ3) is 2.28. The van der Waals surface area contributed by atoms with Crippen LogP contribution in [0.2, 0.25) is 0 Å². The summed E-state index contributed by atoms with van der Waals surface area (Å²) in [6.07, 6.45) is 0. The average Bonchev–Trinajstić information content (AvgIpc) is 2.22. The molecule has 0 bridgehead atoms. The van der Waals surface area contributed by atoms with Gasteiger partial charge < -0.3 is 0 Å². The maximum absolute atomic E-state index is 12.9. The molecule has 1 aromatic carbocycles. The SMILES string of the molecule is O=C(c1c(F)c(F)c(F)c(F)c1F)C(F)(F)Br. The minimum absolute atomic E-state index is 1.46. The Kier molecular flexibility index (Phi) is 3.51. The van der Waals surface area contributed by atoms with Crippen LogP contribution in [0.15, 0.2) is 0 Å². The van der Waals surface area contributed by atoms with Gasteiger partial charge in [0.2, 0.25) is 11.6 Å². The van der Waals surface area contributed by atoms with Gasteiger partial charge in [-0.1, -0.05) is 0 Å². The summed E-state index contributed by atoms with van der Waals surface area (Å²) in [5, 5.41) is 0. The van der Waals surface area contributed by atoms with Crippen molar-refractivity contribution in [1.82, 2.24) is 0 Å². The molecule has 0 atom stereocenters. The Morgan fingerprint density at radius 1 is 0.824 bits per heavy atom. The van der Waals surface area contributed by atoms with Crippen molar-refractivity contribution in [2.24, 2.45) is 0 Å². The lowest BCUT2D eigenvalue weighted by molar-refractivity contribution is 0.0580. The first-order chi connectivity index (χ1) is 7.59. The molecule has 0 fully saturated rings. The van der Waals surface area contributed by atoms with Gasteiger partial charge in [-0.3, -0.25) is 4.79 Å². The highest BCUT2D eigenvalue weighted by Crippen LogP contribution is 2.31. The molecule has 0 N–H and O–H groups in total. The number of ketones is 1. The zero-order chi connectivity index (χ0) is 13.5. The van der Waals surface area contributed by atoms with E-state index in [1.165, 1.54) is 15.9 Å². The molecule has 0 aliphatic heterocycles. The third-order valence-electron chi connectivity index (χ3n) is 1.69. The second kappa shape index (κ2) is 4.28. The van der Waals surface area contributed by atoms with Crippen LogP contribution in [0.3, 0.4) is 0 Å². The average molecular weight is 325 g/mol. The molecule has 0 spiro atoms. The molecule has 0 heterocycles. The monoisotopic (exact) mass is 324 g/mol. The van der Waals surface area contributed by atoms with Crippen LogP contribution in [-0.4, -0.2) is 10.6 Å². The summed E-state index contributed by atoms with van der Waals surface area (Å²) in [4.78, 5) is 6.35. The van der Waals surface area contributed by atoms with E-state index in [4.69, 9.17) is 0 Å². The molecule has 1 aromatic rings. The molecule has 94 valence electrons. The molecule has 0 aliphatic carbocycles. The molecule has 0 saturated heterocycles. The normalized spacial score (nSPS) is 11.8. The zero-order valence-corrected chi connectivity index (χ0v) is 9.02. The van der Waals surface area contributed by atoms with Crippen molar-refractivity contribution in [2.45, 2.75) is 4.83 Å². The predicted octanol–water partition coefficient (Wildman–Crippen LogP) is 3.55. The Balaban J connectivity index is 3.62. The van der Waals surface area contributed by atoms with Crippen LogP contribution in [0.25, 0.3) is 0 Å². The van der Waals surface area contributed by atoms with E-state index in [1.54, 1.807) is 0 Å². The van der Waals surface area contributed by atoms with Crippen molar-refractivity contribution in [2.75, 3.05) is 0 Å². The number of halogens is 8. The van der Waals surface area contributed by atoms with Gasteiger partial charge in [0.15, 0.2) is 23.3 Å². The van der Waals surface area contributed by atoms with E-state index in [-0.39, 0.29) is 0 Å². The highest BCUT2D eigenvalue weighted by Gasteiger charge is 2.42. The Labute approximate surface area is 97.3 Å². The van der Waals surface area contributed by atoms with E-state index in [9.17, 15) is 35.5 Å². The van der Waals surface area contributed by atoms with Gasteiger partial charge in [-0.05, 0) is 15.9 Å². The summed E-state index contributed by atoms with van der Waals surface area (Å²) in [7, 11) is 0. The third-order valence-corrected chi connectivity index (χ3v) is 2.05. The fraction of sp³-hybridized carbons (Fsp3) is 0.125. The van der Waals surface area contributed by atoms with Gasteiger partial charge in [-0.25, -0.2) is 22.0 Å². The quantitative estimate of drug-likeness (QED) is 0.267. The largest absolute Gasteiger partial charge is 0.363 e. The smallest absolute Gasteiger partial charge is 0.286 e. The maximum Gasteiger partial charge on any atom is 0.363 e. The maximum atomic E-state index is 12.9. The van der Waals surface area contributed by atoms with Gasteiger partial charge in [-0.15, -0.1) is 0 Å². The number of rotatable bonds is 2. The highest BCUT2D eigenvalue weighted by molar-refractivity contribution is 9.10. The second-order valence-electron chi connectivity index (χ2n) is 2.77. The molecule has 9 heteroatoms. The number of benzene rings is 1. The molecule has 0 aromatic heterocycles. The molecular weight excluding hydrogens is 325 g/mol. The lowest BCUT2D eigenvalue weighted by atomic mass is 10.1. The van der Waals surface area contributed by atoms with Gasteiger partial charge in [-0.2, -0.15) is 8.78 Å². The Morgan fingerprint density at radius 2 is 1.12 bits per heavy atom. The van der Waals surface area contributed by atoms with Crippen LogP contribution >= 0.6 is 15.9 Å². The second-order valence-corrected chi connectivity index (χ2v) is 3.77. The highest BCUT2D eigenvalue weighted by atomic mass is 79.9. The Bertz CT molecular complexity index is 465. The standard InChI is InChI=1S/C8BrF7O/c9-8(15,16)7(17)1-2(10)4(12)6(14)5(13)3(1)11. The molecule has 0 unspecified atom stereocenters. The number of hydrogen-bond acceptors (Lipinski definition) is 1. The fourth-order valence-electron chi connectivity index (χ4n) is 0.946. The van der Waals surface area contributed by atoms with Crippen molar-refractivity contribution in [3.8, 4) is 0 Å². The van der Waals surface area contributed by atoms with Crippen molar-refractivity contribution < 1.29 is 35.5 Å². The molecule has 1 rings (SSSR count). The lowest BCUT2D eigenvalue weighted by Gasteiger charge is -2.10. The van der Waals surface area contributed by atoms with Gasteiger partial charge in [0.1, 0.15) is 5.56 Å². The van der Waals surface area contributed by atoms with Crippen LogP contribution in [-0.2, 0) is 0 Å². The van der Waals surface area contributed by atoms with E-state index in [1.807, 2.05) is 0 Å². The number of carbonyl (C=O) groups excluding carboxylic acids is 1. The van der Waals surface area contributed by atoms with Gasteiger partial charge in [0, 0.05) is 0 Å². The molecule has 0 radical (unpaired) electrons. The number of hydrogen-bond donors (Lipinski definition) is 0. The van der Waals surface area contributed by atoms with Gasteiger partial charge in [0.05, 0.1) is 0 Å². The minimum Gasteiger partial charge on any atom is -0.286 e. The van der Waals surface area contributed by atoms with Gasteiger partial charge in [0.25, 0.3) is 0 Å². The van der Waals surface area contributed by atoms with Crippen LogP contribution in [0.1, 0.15) is 10.4 Å². The lowest BCUT2D eigenvalue weighted by Crippen LogP contribution is -2.25. The number of alkyl halides is 3. The van der Waals surface area contributed by atoms with Crippen molar-refractivity contribution in [3.63, 3.8) is 0 Å². The van der Waals surface area contributed by atoms with Crippen LogP contribution in [0, 0.1) is 29.1 Å². The van der Waals surface area contributed by atoms with Crippen LogP contribution in [0.4, 0.5) is 30.7 Å². The summed E-state index contributed by atoms with van der Waals surface area (Å²) in [5.74, 6) is -15.2. The van der Waals surface area contributed by atoms with E-state index in [2.05, 4.69) is 0 Å². The zero-order valence-electron chi connectivity index (χ0n) is 7.43. The summed E-state index contributed by atoms with van der Waals surface area (Å²) >= 11 is 1.46. The summed E-state index contributed by atoms with van der Waals surface area (Å²) in [5.41, 5.74) is -2.19. The Hall–Kier alpha value is -1.12. The first kappa shape index (κ1) is 13.9. The molecular formula is C8BrF7O. The van der Waals surface area contributed by atoms with E-state index in [0.29, 0.717) is 0 Å². The molecule has 0 saturated carbocycles. The molecule has 1 nitrogen and oxygen atoms in total. The summed E-state index contributed by atoms with van der Waals surface area (Å²) in [6.45, 7) is 0. The van der Waals surface area contributed by atoms with Crippen molar-refractivity contribution in [1.29, 1.82) is 0 Å². The molecule has 17 heavy (non-hydrogen) atoms. The first-order valence-corrected chi connectivity index (χ1v) is 4.51. The minimum atomic E-state index is -4.44. The summed E-state index contributed by atoms with van der Waals surface area (Å²) < 4.78 is 88.3. The van der Waals surface area contributed by atoms with Crippen LogP contribution < -0.4 is 0 Å². The predicted molar refractivity (Wildman–Crippen MR) is 44.4 cm³/mol. The fourth-order valence-corrected chi connectivity index (χ4v) is 1.14.